The third-order valence-electron chi connectivity index (χ3n) is 5.37. The standard InChI is InChI=1S/C21H22F6N6O3/c1-19(2)11-36-6-5-31(19)10-17(35)33(28)16(34)3-4-32-12-29-18(30-32)13-7-14(20(22,23)24)9-15(8-13)21(25,26)27/h3-4,7-9,12H,5-6,10-11,28H2,1-2H3. The number of halogens is 6. The maximum absolute atomic E-state index is 13.1. The number of carbonyl (C=O) groups excluding carboxylic acids is 2. The molecule has 1 aliphatic heterocycles. The van der Waals surface area contributed by atoms with Crippen molar-refractivity contribution in [3.05, 3.63) is 41.7 Å². The smallest absolute Gasteiger partial charge is 0.378 e. The summed E-state index contributed by atoms with van der Waals surface area (Å²) >= 11 is 0. The zero-order valence-electron chi connectivity index (χ0n) is 19.1. The van der Waals surface area contributed by atoms with Gasteiger partial charge in [-0.1, -0.05) is 0 Å². The van der Waals surface area contributed by atoms with Gasteiger partial charge in [0.25, 0.3) is 11.8 Å². The number of hydrogen-bond acceptors (Lipinski definition) is 7. The molecule has 1 aromatic heterocycles. The first-order chi connectivity index (χ1) is 16.6. The molecule has 196 valence electrons. The highest BCUT2D eigenvalue weighted by Crippen LogP contribution is 2.38. The molecule has 9 nitrogen and oxygen atoms in total. The number of nitrogens with two attached hydrogens (primary N) is 1. The monoisotopic (exact) mass is 520 g/mol. The Morgan fingerprint density at radius 3 is 2.31 bits per heavy atom. The van der Waals surface area contributed by atoms with Crippen LogP contribution >= 0.6 is 0 Å². The van der Waals surface area contributed by atoms with E-state index in [4.69, 9.17) is 10.6 Å². The Bertz CT molecular complexity index is 1130. The molecular weight excluding hydrogens is 498 g/mol. The number of aromatic nitrogens is 3. The van der Waals surface area contributed by atoms with Gasteiger partial charge in [0.15, 0.2) is 5.82 Å². The molecule has 1 aliphatic rings. The van der Waals surface area contributed by atoms with Crippen LogP contribution in [0.1, 0.15) is 25.0 Å². The molecule has 0 radical (unpaired) electrons. The molecule has 36 heavy (non-hydrogen) atoms. The minimum absolute atomic E-state index is 0.00997. The van der Waals surface area contributed by atoms with Gasteiger partial charge in [-0.2, -0.15) is 26.3 Å². The van der Waals surface area contributed by atoms with Crippen molar-refractivity contribution in [1.82, 2.24) is 24.7 Å². The first-order valence-corrected chi connectivity index (χ1v) is 10.4. The predicted molar refractivity (Wildman–Crippen MR) is 113 cm³/mol. The van der Waals surface area contributed by atoms with Crippen LogP contribution < -0.4 is 5.84 Å². The summed E-state index contributed by atoms with van der Waals surface area (Å²) in [6.45, 7) is 4.86. The molecule has 0 spiro atoms. The Morgan fingerprint density at radius 2 is 1.75 bits per heavy atom. The molecule has 3 rings (SSSR count). The van der Waals surface area contributed by atoms with Gasteiger partial charge in [-0.25, -0.2) is 20.5 Å². The zero-order chi connectivity index (χ0) is 26.9. The fourth-order valence-electron chi connectivity index (χ4n) is 3.33. The van der Waals surface area contributed by atoms with Crippen LogP contribution in [-0.2, 0) is 26.7 Å². The second-order valence-electron chi connectivity index (χ2n) is 8.55. The average molecular weight is 520 g/mol. The molecule has 0 atom stereocenters. The van der Waals surface area contributed by atoms with Crippen LogP contribution in [0.4, 0.5) is 26.3 Å². The Kier molecular flexibility index (Phi) is 7.57. The Balaban J connectivity index is 1.74. The summed E-state index contributed by atoms with van der Waals surface area (Å²) in [5, 5.41) is 4.17. The molecule has 1 fully saturated rings. The van der Waals surface area contributed by atoms with Crippen LogP contribution in [0.5, 0.6) is 0 Å². The third-order valence-corrected chi connectivity index (χ3v) is 5.37. The molecule has 15 heteroatoms. The fourth-order valence-corrected chi connectivity index (χ4v) is 3.33. The third kappa shape index (κ3) is 6.47. The summed E-state index contributed by atoms with van der Waals surface area (Å²) in [6, 6.07) is 0.957. The quantitative estimate of drug-likeness (QED) is 0.213. The van der Waals surface area contributed by atoms with Gasteiger partial charge in [0.1, 0.15) is 6.33 Å². The summed E-state index contributed by atoms with van der Waals surface area (Å²) in [4.78, 5) is 30.2. The van der Waals surface area contributed by atoms with E-state index < -0.39 is 52.2 Å². The number of alkyl halides is 6. The minimum Gasteiger partial charge on any atom is -0.378 e. The van der Waals surface area contributed by atoms with Crippen molar-refractivity contribution >= 4 is 18.0 Å². The summed E-state index contributed by atoms with van der Waals surface area (Å²) in [6.07, 6.45) is -7.24. The normalized spacial score (nSPS) is 16.9. The van der Waals surface area contributed by atoms with Crippen LogP contribution in [0.15, 0.2) is 30.6 Å². The van der Waals surface area contributed by atoms with Gasteiger partial charge in [-0.3, -0.25) is 14.5 Å². The van der Waals surface area contributed by atoms with Crippen molar-refractivity contribution < 1.29 is 40.7 Å². The number of nitrogens with zero attached hydrogens (tertiary/aromatic N) is 5. The van der Waals surface area contributed by atoms with Crippen molar-refractivity contribution in [1.29, 1.82) is 0 Å². The van der Waals surface area contributed by atoms with Gasteiger partial charge in [0.2, 0.25) is 0 Å². The maximum atomic E-state index is 13.1. The number of carbonyl (C=O) groups is 2. The van der Waals surface area contributed by atoms with E-state index in [1.165, 1.54) is 0 Å². The van der Waals surface area contributed by atoms with E-state index in [9.17, 15) is 35.9 Å². The second-order valence-corrected chi connectivity index (χ2v) is 8.55. The van der Waals surface area contributed by atoms with Crippen LogP contribution in [0.25, 0.3) is 17.6 Å². The van der Waals surface area contributed by atoms with Crippen molar-refractivity contribution in [2.45, 2.75) is 31.7 Å². The van der Waals surface area contributed by atoms with Gasteiger partial charge in [0.05, 0.1) is 30.9 Å². The lowest BCUT2D eigenvalue weighted by atomic mass is 10.0. The molecule has 2 N–H and O–H groups in total. The van der Waals surface area contributed by atoms with Crippen LogP contribution in [0, 0.1) is 0 Å². The first-order valence-electron chi connectivity index (χ1n) is 10.4. The topological polar surface area (TPSA) is 107 Å². The Morgan fingerprint density at radius 1 is 1.14 bits per heavy atom. The number of rotatable bonds is 5. The number of hydrogen-bond donors (Lipinski definition) is 1. The van der Waals surface area contributed by atoms with E-state index >= 15 is 0 Å². The molecule has 1 aromatic carbocycles. The van der Waals surface area contributed by atoms with Crippen molar-refractivity contribution in [2.75, 3.05) is 26.3 Å². The highest BCUT2D eigenvalue weighted by atomic mass is 19.4. The van der Waals surface area contributed by atoms with Gasteiger partial charge in [0, 0.05) is 29.9 Å². The van der Waals surface area contributed by atoms with E-state index in [2.05, 4.69) is 10.1 Å². The molecule has 2 amide bonds. The van der Waals surface area contributed by atoms with Crippen LogP contribution in [0.2, 0.25) is 0 Å². The second kappa shape index (κ2) is 9.99. The van der Waals surface area contributed by atoms with Crippen LogP contribution in [-0.4, -0.2) is 68.3 Å². The summed E-state index contributed by atoms with van der Waals surface area (Å²) in [5.74, 6) is 3.54. The number of imide groups is 1. The summed E-state index contributed by atoms with van der Waals surface area (Å²) in [5.41, 5.74) is -4.01. The first kappa shape index (κ1) is 27.3. The van der Waals surface area contributed by atoms with E-state index in [0.717, 1.165) is 23.3 Å². The summed E-state index contributed by atoms with van der Waals surface area (Å²) in [7, 11) is 0. The molecule has 1 saturated heterocycles. The molecule has 0 bridgehead atoms. The Labute approximate surface area is 201 Å². The van der Waals surface area contributed by atoms with Gasteiger partial charge >= 0.3 is 12.4 Å². The van der Waals surface area contributed by atoms with Crippen molar-refractivity contribution in [3.8, 4) is 11.4 Å². The lowest BCUT2D eigenvalue weighted by molar-refractivity contribution is -0.146. The number of amides is 2. The molecule has 0 saturated carbocycles. The highest BCUT2D eigenvalue weighted by molar-refractivity contribution is 6.02. The number of benzene rings is 1. The van der Waals surface area contributed by atoms with Crippen molar-refractivity contribution in [2.24, 2.45) is 5.84 Å². The minimum atomic E-state index is -5.03. The van der Waals surface area contributed by atoms with Gasteiger partial charge in [-0.15, -0.1) is 5.10 Å². The Hall–Kier alpha value is -3.30. The van der Waals surface area contributed by atoms with E-state index in [1.807, 2.05) is 18.7 Å². The number of hydrazine groups is 1. The number of morpholine rings is 1. The zero-order valence-corrected chi connectivity index (χ0v) is 19.1. The lowest BCUT2D eigenvalue weighted by Crippen LogP contribution is -2.57. The average Bonchev–Trinajstić information content (AvgIpc) is 3.26. The highest BCUT2D eigenvalue weighted by Gasteiger charge is 2.37. The molecule has 0 aliphatic carbocycles. The molecule has 2 aromatic rings. The largest absolute Gasteiger partial charge is 0.416 e. The lowest BCUT2D eigenvalue weighted by Gasteiger charge is -2.41. The van der Waals surface area contributed by atoms with E-state index in [-0.39, 0.29) is 12.6 Å². The van der Waals surface area contributed by atoms with E-state index in [0.29, 0.717) is 36.9 Å². The van der Waals surface area contributed by atoms with Crippen LogP contribution in [0.3, 0.4) is 0 Å². The maximum Gasteiger partial charge on any atom is 0.416 e. The fraction of sp³-hybridized carbons (Fsp3) is 0.429. The predicted octanol–water partition coefficient (Wildman–Crippen LogP) is 2.79. The van der Waals surface area contributed by atoms with Crippen molar-refractivity contribution in [3.63, 3.8) is 0 Å². The molecular formula is C21H22F6N6O3. The van der Waals surface area contributed by atoms with Gasteiger partial charge < -0.3 is 4.74 Å². The van der Waals surface area contributed by atoms with Gasteiger partial charge in [-0.05, 0) is 32.0 Å². The van der Waals surface area contributed by atoms with E-state index in [1.54, 1.807) is 0 Å². The molecule has 0 unspecified atom stereocenters. The summed E-state index contributed by atoms with van der Waals surface area (Å²) < 4.78 is 84.7. The molecule has 2 heterocycles. The number of ether oxygens (including phenoxy) is 1. The SMILES string of the molecule is CC1(C)COCCN1CC(=O)N(N)C(=O)C=Cn1cnc(-c2cc(C(F)(F)F)cc(C(F)(F)F)c2)n1.